The predicted molar refractivity (Wildman–Crippen MR) is 130 cm³/mol. The van der Waals surface area contributed by atoms with Gasteiger partial charge in [-0.05, 0) is 12.2 Å². The molecule has 0 aliphatic carbocycles. The van der Waals surface area contributed by atoms with Crippen LogP contribution in [-0.4, -0.2) is 50.7 Å². The molecule has 0 aromatic carbocycles. The van der Waals surface area contributed by atoms with E-state index in [1.54, 1.807) is 14.2 Å². The summed E-state index contributed by atoms with van der Waals surface area (Å²) in [5.74, 6) is 2.08. The zero-order valence-electron chi connectivity index (χ0n) is 20.0. The zero-order valence-corrected chi connectivity index (χ0v) is 20.8. The van der Waals surface area contributed by atoms with Crippen LogP contribution < -0.4 is 0 Å². The van der Waals surface area contributed by atoms with Gasteiger partial charge in [-0.3, -0.25) is 0 Å². The number of unbranched alkanes of at least 4 members (excludes halogenated alkanes) is 15. The third kappa shape index (κ3) is 18.7. The van der Waals surface area contributed by atoms with Gasteiger partial charge in [-0.2, -0.15) is 11.8 Å². The van der Waals surface area contributed by atoms with E-state index in [0.29, 0.717) is 13.2 Å². The number of hydrogen-bond donors (Lipinski definition) is 1. The maximum Gasteiger partial charge on any atom is 0.0570 e. The third-order valence-corrected chi connectivity index (χ3v) is 7.18. The molecular weight excluding hydrogens is 380 g/mol. The molecule has 1 N–H and O–H groups in total. The summed E-state index contributed by atoms with van der Waals surface area (Å²) in [4.78, 5) is 0. The van der Waals surface area contributed by atoms with Crippen LogP contribution in [0.4, 0.5) is 0 Å². The first-order chi connectivity index (χ1) is 14.2. The van der Waals surface area contributed by atoms with Crippen LogP contribution in [0.5, 0.6) is 0 Å². The lowest BCUT2D eigenvalue weighted by Crippen LogP contribution is -2.38. The Morgan fingerprint density at radius 3 is 1.34 bits per heavy atom. The lowest BCUT2D eigenvalue weighted by Gasteiger charge is -2.29. The summed E-state index contributed by atoms with van der Waals surface area (Å²) in [6.45, 7) is 3.53. The standard InChI is InChI=1S/C25H52O3S/c1-4-5-6-7-8-9-10-11-12-13-14-15-16-17-18-19-20-29-24-25(21-26,22-27-2)23-28-3/h26H,4-24H2,1-3H3. The predicted octanol–water partition coefficient (Wildman–Crippen LogP) is 7.25. The summed E-state index contributed by atoms with van der Waals surface area (Å²) in [6, 6.07) is 0. The SMILES string of the molecule is CCCCCCCCCCCCCCCCCCSCC(CO)(COC)COC. The summed E-state index contributed by atoms with van der Waals surface area (Å²) >= 11 is 1.93. The van der Waals surface area contributed by atoms with Crippen molar-refractivity contribution in [2.45, 2.75) is 110 Å². The van der Waals surface area contributed by atoms with E-state index in [1.807, 2.05) is 11.8 Å². The van der Waals surface area contributed by atoms with Crippen molar-refractivity contribution in [3.63, 3.8) is 0 Å². The highest BCUT2D eigenvalue weighted by Gasteiger charge is 2.29. The molecule has 0 rings (SSSR count). The quantitative estimate of drug-likeness (QED) is 0.163. The van der Waals surface area contributed by atoms with Crippen LogP contribution in [0.25, 0.3) is 0 Å². The molecule has 0 radical (unpaired) electrons. The molecule has 0 fully saturated rings. The summed E-state index contributed by atoms with van der Waals surface area (Å²) in [7, 11) is 3.39. The van der Waals surface area contributed by atoms with Crippen molar-refractivity contribution in [1.29, 1.82) is 0 Å². The molecule has 0 spiro atoms. The number of methoxy groups -OCH3 is 2. The maximum absolute atomic E-state index is 9.71. The fourth-order valence-corrected chi connectivity index (χ4v) is 5.16. The van der Waals surface area contributed by atoms with Gasteiger partial charge in [0.15, 0.2) is 0 Å². The molecule has 4 heteroatoms. The van der Waals surface area contributed by atoms with Crippen LogP contribution in [-0.2, 0) is 9.47 Å². The monoisotopic (exact) mass is 432 g/mol. The zero-order chi connectivity index (χ0) is 21.5. The first kappa shape index (κ1) is 29.2. The Bertz CT molecular complexity index is 306. The van der Waals surface area contributed by atoms with Crippen LogP contribution in [0.15, 0.2) is 0 Å². The average Bonchev–Trinajstić information content (AvgIpc) is 2.73. The lowest BCUT2D eigenvalue weighted by atomic mass is 9.94. The van der Waals surface area contributed by atoms with E-state index in [4.69, 9.17) is 9.47 Å². The number of thioether (sulfide) groups is 1. The highest BCUT2D eigenvalue weighted by atomic mass is 32.2. The first-order valence-corrected chi connectivity index (χ1v) is 13.6. The largest absolute Gasteiger partial charge is 0.396 e. The van der Waals surface area contributed by atoms with E-state index in [9.17, 15) is 5.11 Å². The topological polar surface area (TPSA) is 38.7 Å². The Morgan fingerprint density at radius 2 is 1.00 bits per heavy atom. The van der Waals surface area contributed by atoms with E-state index >= 15 is 0 Å². The molecule has 3 nitrogen and oxygen atoms in total. The van der Waals surface area contributed by atoms with Crippen molar-refractivity contribution in [3.05, 3.63) is 0 Å². The molecule has 0 atom stereocenters. The number of ether oxygens (including phenoxy) is 2. The van der Waals surface area contributed by atoms with Crippen molar-refractivity contribution >= 4 is 11.8 Å². The van der Waals surface area contributed by atoms with Gasteiger partial charge in [0.1, 0.15) is 0 Å². The van der Waals surface area contributed by atoms with E-state index in [0.717, 1.165) is 5.75 Å². The van der Waals surface area contributed by atoms with Crippen LogP contribution >= 0.6 is 11.8 Å². The molecular formula is C25H52O3S. The van der Waals surface area contributed by atoms with E-state index in [-0.39, 0.29) is 12.0 Å². The fourth-order valence-electron chi connectivity index (χ4n) is 3.92. The van der Waals surface area contributed by atoms with Gasteiger partial charge < -0.3 is 14.6 Å². The van der Waals surface area contributed by atoms with Gasteiger partial charge in [-0.15, -0.1) is 0 Å². The summed E-state index contributed by atoms with van der Waals surface area (Å²) in [6.07, 6.45) is 22.6. The van der Waals surface area contributed by atoms with Crippen molar-refractivity contribution in [3.8, 4) is 0 Å². The molecule has 0 amide bonds. The second-order valence-electron chi connectivity index (χ2n) is 8.88. The Morgan fingerprint density at radius 1 is 0.621 bits per heavy atom. The van der Waals surface area contributed by atoms with Crippen molar-refractivity contribution in [2.24, 2.45) is 5.41 Å². The van der Waals surface area contributed by atoms with Gasteiger partial charge in [0.2, 0.25) is 0 Å². The maximum atomic E-state index is 9.71. The van der Waals surface area contributed by atoms with E-state index < -0.39 is 0 Å². The highest BCUT2D eigenvalue weighted by molar-refractivity contribution is 7.99. The van der Waals surface area contributed by atoms with Gasteiger partial charge in [-0.25, -0.2) is 0 Å². The van der Waals surface area contributed by atoms with Crippen molar-refractivity contribution in [2.75, 3.05) is 45.5 Å². The van der Waals surface area contributed by atoms with E-state index in [2.05, 4.69) is 6.92 Å². The molecule has 0 aromatic rings. The Balaban J connectivity index is 3.33. The minimum atomic E-state index is -0.247. The van der Waals surface area contributed by atoms with Crippen LogP contribution in [0.1, 0.15) is 110 Å². The molecule has 29 heavy (non-hydrogen) atoms. The molecule has 0 aliphatic rings. The second kappa shape index (κ2) is 22.9. The van der Waals surface area contributed by atoms with Gasteiger partial charge in [0, 0.05) is 25.4 Å². The van der Waals surface area contributed by atoms with Gasteiger partial charge in [-0.1, -0.05) is 103 Å². The Kier molecular flexibility index (Phi) is 23.1. The molecule has 0 aliphatic heterocycles. The average molecular weight is 433 g/mol. The van der Waals surface area contributed by atoms with Gasteiger partial charge in [0.05, 0.1) is 19.8 Å². The van der Waals surface area contributed by atoms with Crippen molar-refractivity contribution < 1.29 is 14.6 Å². The fraction of sp³-hybridized carbons (Fsp3) is 1.00. The van der Waals surface area contributed by atoms with E-state index in [1.165, 1.54) is 108 Å². The smallest absolute Gasteiger partial charge is 0.0570 e. The van der Waals surface area contributed by atoms with Gasteiger partial charge >= 0.3 is 0 Å². The Hall–Kier alpha value is 0.230. The first-order valence-electron chi connectivity index (χ1n) is 12.4. The van der Waals surface area contributed by atoms with Crippen LogP contribution in [0.2, 0.25) is 0 Å². The third-order valence-electron chi connectivity index (χ3n) is 5.79. The summed E-state index contributed by atoms with van der Waals surface area (Å²) in [5.41, 5.74) is -0.247. The Labute approximate surface area is 187 Å². The molecule has 0 heterocycles. The number of aliphatic hydroxyl groups is 1. The molecule has 0 saturated heterocycles. The normalized spacial score (nSPS) is 12.0. The van der Waals surface area contributed by atoms with Gasteiger partial charge in [0.25, 0.3) is 0 Å². The summed E-state index contributed by atoms with van der Waals surface area (Å²) < 4.78 is 10.6. The highest BCUT2D eigenvalue weighted by Crippen LogP contribution is 2.24. The number of hydrogen-bond acceptors (Lipinski definition) is 4. The second-order valence-corrected chi connectivity index (χ2v) is 9.99. The molecule has 176 valence electrons. The van der Waals surface area contributed by atoms with Crippen LogP contribution in [0, 0.1) is 5.41 Å². The molecule has 0 aromatic heterocycles. The van der Waals surface area contributed by atoms with Crippen molar-refractivity contribution in [1.82, 2.24) is 0 Å². The molecule has 0 saturated carbocycles. The molecule has 0 bridgehead atoms. The van der Waals surface area contributed by atoms with Crippen LogP contribution in [0.3, 0.4) is 0 Å². The number of rotatable bonds is 24. The minimum absolute atomic E-state index is 0.126. The lowest BCUT2D eigenvalue weighted by molar-refractivity contribution is -0.0104. The number of aliphatic hydroxyl groups excluding tert-OH is 1. The minimum Gasteiger partial charge on any atom is -0.396 e. The molecule has 0 unspecified atom stereocenters. The summed E-state index contributed by atoms with van der Waals surface area (Å²) in [5, 5.41) is 9.71.